The number of hydrogen-bond acceptors (Lipinski definition) is 4. The van der Waals surface area contributed by atoms with E-state index in [0.717, 1.165) is 24.3 Å². The second-order valence-corrected chi connectivity index (χ2v) is 6.80. The number of rotatable bonds is 8. The lowest BCUT2D eigenvalue weighted by Gasteiger charge is -2.29. The molecule has 0 fully saturated rings. The molecule has 0 radical (unpaired) electrons. The largest absolute Gasteiger partial charge is 0.592 e. The van der Waals surface area contributed by atoms with Crippen LogP contribution in [0.5, 0.6) is 11.5 Å². The minimum absolute atomic E-state index is 0.364. The van der Waals surface area contributed by atoms with Crippen molar-refractivity contribution in [2.45, 2.75) is 24.6 Å². The van der Waals surface area contributed by atoms with E-state index in [1.807, 2.05) is 0 Å². The molecule has 0 N–H and O–H groups in total. The highest BCUT2D eigenvalue weighted by Crippen LogP contribution is 2.57. The van der Waals surface area contributed by atoms with E-state index in [1.165, 1.54) is 36.4 Å². The van der Waals surface area contributed by atoms with Crippen molar-refractivity contribution in [2.75, 3.05) is 0 Å². The quantitative estimate of drug-likeness (QED) is 0.355. The molecule has 0 saturated heterocycles. The number of hydrogen-bond donors (Lipinski definition) is 0. The number of halogens is 7. The smallest absolute Gasteiger partial charge is 0.395 e. The molecule has 0 amide bonds. The number of phosphoric acid groups is 1. The van der Waals surface area contributed by atoms with Crippen molar-refractivity contribution < 1.29 is 48.9 Å². The molecule has 0 spiro atoms. The normalized spacial score (nSPS) is 13.2. The van der Waals surface area contributed by atoms with Crippen molar-refractivity contribution in [2.24, 2.45) is 0 Å². The summed E-state index contributed by atoms with van der Waals surface area (Å²) in [5.41, 5.74) is 0. The third-order valence-electron chi connectivity index (χ3n) is 3.00. The molecular weight excluding hydrogens is 420 g/mol. The third kappa shape index (κ3) is 6.13. The summed E-state index contributed by atoms with van der Waals surface area (Å²) in [6, 6.07) is 12.8. The van der Waals surface area contributed by atoms with E-state index in [0.29, 0.717) is 0 Å². The Kier molecular flexibility index (Phi) is 6.30. The molecule has 28 heavy (non-hydrogen) atoms. The number of alkyl halides is 7. The fourth-order valence-electron chi connectivity index (χ4n) is 1.84. The maximum atomic E-state index is 13.8. The standard InChI is InChI=1S/C16H12F7O4P/c17-14(18,11-15(19,20)21)16(22,23)27-28(24,25-12-7-3-1-4-8-12)26-13-9-5-2-6-10-13/h1-10H,11H2. The maximum absolute atomic E-state index is 13.8. The first-order chi connectivity index (χ1) is 12.8. The minimum Gasteiger partial charge on any atom is -0.395 e. The van der Waals surface area contributed by atoms with Crippen LogP contribution in [0.3, 0.4) is 0 Å². The van der Waals surface area contributed by atoms with Crippen molar-refractivity contribution in [3.05, 3.63) is 60.7 Å². The highest BCUT2D eigenvalue weighted by molar-refractivity contribution is 7.49. The van der Waals surface area contributed by atoms with Crippen LogP contribution in [0, 0.1) is 0 Å². The first kappa shape index (κ1) is 22.0. The highest BCUT2D eigenvalue weighted by Gasteiger charge is 2.66. The number of phosphoric ester groups is 1. The summed E-state index contributed by atoms with van der Waals surface area (Å²) in [5.74, 6) is -6.46. The van der Waals surface area contributed by atoms with Gasteiger partial charge in [-0.2, -0.15) is 35.3 Å². The van der Waals surface area contributed by atoms with E-state index < -0.39 is 32.5 Å². The average Bonchev–Trinajstić information content (AvgIpc) is 2.53. The second kappa shape index (κ2) is 8.00. The zero-order valence-electron chi connectivity index (χ0n) is 13.7. The van der Waals surface area contributed by atoms with Gasteiger partial charge < -0.3 is 9.05 Å². The van der Waals surface area contributed by atoms with E-state index in [9.17, 15) is 35.3 Å². The van der Waals surface area contributed by atoms with Crippen molar-refractivity contribution in [3.8, 4) is 11.5 Å². The maximum Gasteiger partial charge on any atom is 0.592 e. The molecule has 0 bridgehead atoms. The van der Waals surface area contributed by atoms with Crippen molar-refractivity contribution in [1.29, 1.82) is 0 Å². The summed E-state index contributed by atoms with van der Waals surface area (Å²) in [7, 11) is -5.54. The van der Waals surface area contributed by atoms with E-state index in [4.69, 9.17) is 0 Å². The van der Waals surface area contributed by atoms with Crippen molar-refractivity contribution in [1.82, 2.24) is 0 Å². The zero-order valence-corrected chi connectivity index (χ0v) is 14.6. The van der Waals surface area contributed by atoms with E-state index in [-0.39, 0.29) is 11.5 Å². The van der Waals surface area contributed by atoms with Gasteiger partial charge in [0.2, 0.25) is 0 Å². The summed E-state index contributed by atoms with van der Waals surface area (Å²) in [6.07, 6.45) is -14.7. The lowest BCUT2D eigenvalue weighted by Crippen LogP contribution is -2.45. The van der Waals surface area contributed by atoms with Crippen LogP contribution in [-0.4, -0.2) is 18.2 Å². The SMILES string of the molecule is O=P(Oc1ccccc1)(Oc1ccccc1)OC(F)(F)C(F)(F)CC(F)(F)F. The fourth-order valence-corrected chi connectivity index (χ4v) is 3.12. The van der Waals surface area contributed by atoms with Crippen LogP contribution in [0.15, 0.2) is 60.7 Å². The Bertz CT molecular complexity index is 767. The molecule has 0 aromatic heterocycles. The predicted octanol–water partition coefficient (Wildman–Crippen LogP) is 6.45. The molecule has 0 aliphatic carbocycles. The molecule has 2 aromatic rings. The van der Waals surface area contributed by atoms with Crippen LogP contribution in [0.1, 0.15) is 6.42 Å². The lowest BCUT2D eigenvalue weighted by atomic mass is 10.2. The predicted molar refractivity (Wildman–Crippen MR) is 83.4 cm³/mol. The van der Waals surface area contributed by atoms with Gasteiger partial charge in [0.25, 0.3) is 0 Å². The Hall–Kier alpha value is -2.26. The van der Waals surface area contributed by atoms with E-state index in [2.05, 4.69) is 13.6 Å². The third-order valence-corrected chi connectivity index (χ3v) is 4.32. The van der Waals surface area contributed by atoms with Crippen LogP contribution in [0.25, 0.3) is 0 Å². The van der Waals surface area contributed by atoms with Gasteiger partial charge >= 0.3 is 26.0 Å². The summed E-state index contributed by atoms with van der Waals surface area (Å²) in [4.78, 5) is 0. The van der Waals surface area contributed by atoms with Crippen molar-refractivity contribution in [3.63, 3.8) is 0 Å². The molecule has 2 aromatic carbocycles. The highest BCUT2D eigenvalue weighted by atomic mass is 31.2. The summed E-state index contributed by atoms with van der Waals surface area (Å²) >= 11 is 0. The van der Waals surface area contributed by atoms with E-state index >= 15 is 0 Å². The van der Waals surface area contributed by atoms with Crippen LogP contribution in [0.4, 0.5) is 30.7 Å². The number of benzene rings is 2. The molecule has 0 heterocycles. The monoisotopic (exact) mass is 432 g/mol. The average molecular weight is 432 g/mol. The van der Waals surface area contributed by atoms with Crippen LogP contribution in [-0.2, 0) is 9.09 Å². The lowest BCUT2D eigenvalue weighted by molar-refractivity contribution is -0.338. The van der Waals surface area contributed by atoms with Crippen LogP contribution in [0.2, 0.25) is 0 Å². The second-order valence-electron chi connectivity index (χ2n) is 5.36. The molecule has 0 aliphatic rings. The Labute approximate surface area is 154 Å². The van der Waals surface area contributed by atoms with E-state index in [1.54, 1.807) is 0 Å². The van der Waals surface area contributed by atoms with Gasteiger partial charge in [0.15, 0.2) is 0 Å². The molecule has 0 atom stereocenters. The molecule has 0 saturated carbocycles. The molecule has 12 heteroatoms. The Morgan fingerprint density at radius 3 is 1.46 bits per heavy atom. The molecule has 0 unspecified atom stereocenters. The van der Waals surface area contributed by atoms with Gasteiger partial charge in [-0.05, 0) is 24.3 Å². The topological polar surface area (TPSA) is 44.8 Å². The summed E-state index contributed by atoms with van der Waals surface area (Å²) < 4.78 is 117. The number of para-hydroxylation sites is 2. The van der Waals surface area contributed by atoms with Gasteiger partial charge in [0.1, 0.15) is 17.9 Å². The first-order valence-corrected chi connectivity index (χ1v) is 8.90. The Morgan fingerprint density at radius 2 is 1.11 bits per heavy atom. The fraction of sp³-hybridized carbons (Fsp3) is 0.250. The van der Waals surface area contributed by atoms with Gasteiger partial charge in [-0.1, -0.05) is 36.4 Å². The van der Waals surface area contributed by atoms with Gasteiger partial charge in [-0.15, -0.1) is 0 Å². The van der Waals surface area contributed by atoms with Gasteiger partial charge in [-0.3, -0.25) is 0 Å². The Balaban J connectivity index is 2.34. The molecular formula is C16H12F7O4P. The van der Waals surface area contributed by atoms with Crippen LogP contribution >= 0.6 is 7.82 Å². The minimum atomic E-state index is -5.82. The van der Waals surface area contributed by atoms with Gasteiger partial charge in [0, 0.05) is 0 Å². The van der Waals surface area contributed by atoms with Gasteiger partial charge in [0.05, 0.1) is 0 Å². The molecule has 4 nitrogen and oxygen atoms in total. The zero-order chi connectivity index (χ0) is 21.1. The van der Waals surface area contributed by atoms with Crippen molar-refractivity contribution >= 4 is 7.82 Å². The first-order valence-electron chi connectivity index (χ1n) is 7.44. The Morgan fingerprint density at radius 1 is 0.714 bits per heavy atom. The molecule has 0 aliphatic heterocycles. The molecule has 2 rings (SSSR count). The van der Waals surface area contributed by atoms with Crippen LogP contribution < -0.4 is 9.05 Å². The summed E-state index contributed by atoms with van der Waals surface area (Å²) in [6.45, 7) is 0. The van der Waals surface area contributed by atoms with Gasteiger partial charge in [-0.25, -0.2) is 4.57 Å². The summed E-state index contributed by atoms with van der Waals surface area (Å²) in [5, 5.41) is 0. The molecule has 154 valence electrons.